The van der Waals surface area contributed by atoms with Crippen LogP contribution in [0.25, 0.3) is 0 Å². The Labute approximate surface area is 77.3 Å². The fourth-order valence-electron chi connectivity index (χ4n) is 1.48. The van der Waals surface area contributed by atoms with Crippen LogP contribution in [0.1, 0.15) is 18.5 Å². The number of rotatable bonds is 3. The Kier molecular flexibility index (Phi) is 2.94. The van der Waals surface area contributed by atoms with E-state index in [0.717, 1.165) is 31.9 Å². The number of nitrogens with zero attached hydrogens (tertiary/aromatic N) is 1. The van der Waals surface area contributed by atoms with Gasteiger partial charge in [-0.25, -0.2) is 4.98 Å². The SMILES string of the molecule is c1nc(CNC2CCCOC2)co1. The quantitative estimate of drug-likeness (QED) is 0.755. The number of ether oxygens (including phenoxy) is 1. The lowest BCUT2D eigenvalue weighted by atomic mass is 10.1. The normalized spacial score (nSPS) is 23.2. The summed E-state index contributed by atoms with van der Waals surface area (Å²) in [5, 5.41) is 3.38. The summed E-state index contributed by atoms with van der Waals surface area (Å²) in [5.41, 5.74) is 0.950. The minimum absolute atomic E-state index is 0.477. The zero-order chi connectivity index (χ0) is 8.93. The molecule has 0 radical (unpaired) electrons. The molecule has 1 aromatic rings. The summed E-state index contributed by atoms with van der Waals surface area (Å²) in [6.07, 6.45) is 5.46. The van der Waals surface area contributed by atoms with Crippen molar-refractivity contribution in [3.63, 3.8) is 0 Å². The fraction of sp³-hybridized carbons (Fsp3) is 0.667. The summed E-state index contributed by atoms with van der Waals surface area (Å²) in [4.78, 5) is 4.03. The Morgan fingerprint density at radius 2 is 2.62 bits per heavy atom. The second kappa shape index (κ2) is 4.39. The first-order chi connectivity index (χ1) is 6.45. The van der Waals surface area contributed by atoms with Crippen LogP contribution in [0.2, 0.25) is 0 Å². The van der Waals surface area contributed by atoms with Crippen LogP contribution in [0, 0.1) is 0 Å². The van der Waals surface area contributed by atoms with Crippen LogP contribution in [0.3, 0.4) is 0 Å². The van der Waals surface area contributed by atoms with Gasteiger partial charge in [0, 0.05) is 19.2 Å². The summed E-state index contributed by atoms with van der Waals surface area (Å²) in [6.45, 7) is 2.49. The van der Waals surface area contributed by atoms with Crippen LogP contribution >= 0.6 is 0 Å². The molecule has 1 aliphatic rings. The molecule has 0 saturated carbocycles. The summed E-state index contributed by atoms with van der Waals surface area (Å²) >= 11 is 0. The van der Waals surface area contributed by atoms with Crippen LogP contribution in [0.5, 0.6) is 0 Å². The van der Waals surface area contributed by atoms with Gasteiger partial charge in [0.2, 0.25) is 0 Å². The molecule has 0 bridgehead atoms. The van der Waals surface area contributed by atoms with Crippen molar-refractivity contribution >= 4 is 0 Å². The lowest BCUT2D eigenvalue weighted by Gasteiger charge is -2.22. The van der Waals surface area contributed by atoms with Gasteiger partial charge in [-0.1, -0.05) is 0 Å². The largest absolute Gasteiger partial charge is 0.451 e. The van der Waals surface area contributed by atoms with E-state index in [-0.39, 0.29) is 0 Å². The maximum absolute atomic E-state index is 5.35. The van der Waals surface area contributed by atoms with E-state index in [0.29, 0.717) is 6.04 Å². The van der Waals surface area contributed by atoms with Crippen molar-refractivity contribution in [2.75, 3.05) is 13.2 Å². The van der Waals surface area contributed by atoms with Gasteiger partial charge in [0.05, 0.1) is 12.3 Å². The van der Waals surface area contributed by atoms with Crippen molar-refractivity contribution in [2.24, 2.45) is 0 Å². The van der Waals surface area contributed by atoms with Gasteiger partial charge in [0.1, 0.15) is 6.26 Å². The molecule has 4 nitrogen and oxygen atoms in total. The first-order valence-electron chi connectivity index (χ1n) is 4.63. The number of hydrogen-bond acceptors (Lipinski definition) is 4. The Balaban J connectivity index is 1.72. The lowest BCUT2D eigenvalue weighted by Crippen LogP contribution is -2.36. The molecule has 1 N–H and O–H groups in total. The minimum Gasteiger partial charge on any atom is -0.451 e. The summed E-state index contributed by atoms with van der Waals surface area (Å²) in [7, 11) is 0. The average molecular weight is 182 g/mol. The lowest BCUT2D eigenvalue weighted by molar-refractivity contribution is 0.0698. The molecule has 1 aliphatic heterocycles. The number of hydrogen-bond donors (Lipinski definition) is 1. The van der Waals surface area contributed by atoms with Crippen molar-refractivity contribution in [3.8, 4) is 0 Å². The van der Waals surface area contributed by atoms with E-state index in [1.54, 1.807) is 6.26 Å². The van der Waals surface area contributed by atoms with Crippen LogP contribution in [-0.4, -0.2) is 24.2 Å². The second-order valence-corrected chi connectivity index (χ2v) is 3.27. The van der Waals surface area contributed by atoms with E-state index in [1.807, 2.05) is 0 Å². The minimum atomic E-state index is 0.477. The van der Waals surface area contributed by atoms with Gasteiger partial charge in [-0.05, 0) is 12.8 Å². The molecular formula is C9H14N2O2. The predicted octanol–water partition coefficient (Wildman–Crippen LogP) is 0.943. The number of nitrogens with one attached hydrogen (secondary N) is 1. The van der Waals surface area contributed by atoms with Crippen molar-refractivity contribution in [1.82, 2.24) is 10.3 Å². The molecule has 1 atom stereocenters. The second-order valence-electron chi connectivity index (χ2n) is 3.27. The zero-order valence-electron chi connectivity index (χ0n) is 7.53. The third kappa shape index (κ3) is 2.54. The van der Waals surface area contributed by atoms with Crippen LogP contribution in [0.15, 0.2) is 17.1 Å². The molecule has 1 unspecified atom stereocenters. The Morgan fingerprint density at radius 3 is 3.31 bits per heavy atom. The summed E-state index contributed by atoms with van der Waals surface area (Å²) in [6, 6.07) is 0.477. The van der Waals surface area contributed by atoms with Gasteiger partial charge in [-0.15, -0.1) is 0 Å². The van der Waals surface area contributed by atoms with Gasteiger partial charge >= 0.3 is 0 Å². The molecule has 72 valence electrons. The van der Waals surface area contributed by atoms with E-state index in [2.05, 4.69) is 10.3 Å². The molecule has 0 amide bonds. The first-order valence-corrected chi connectivity index (χ1v) is 4.63. The Morgan fingerprint density at radius 1 is 1.62 bits per heavy atom. The molecule has 13 heavy (non-hydrogen) atoms. The van der Waals surface area contributed by atoms with E-state index >= 15 is 0 Å². The van der Waals surface area contributed by atoms with Gasteiger partial charge < -0.3 is 14.5 Å². The summed E-state index contributed by atoms with van der Waals surface area (Å²) in [5.74, 6) is 0. The molecule has 1 aromatic heterocycles. The third-order valence-electron chi connectivity index (χ3n) is 2.22. The molecular weight excluding hydrogens is 168 g/mol. The third-order valence-corrected chi connectivity index (χ3v) is 2.22. The van der Waals surface area contributed by atoms with E-state index < -0.39 is 0 Å². The van der Waals surface area contributed by atoms with E-state index in [9.17, 15) is 0 Å². The Bertz CT molecular complexity index is 230. The van der Waals surface area contributed by atoms with Crippen LogP contribution < -0.4 is 5.32 Å². The van der Waals surface area contributed by atoms with Gasteiger partial charge in [-0.3, -0.25) is 0 Å². The standard InChI is InChI=1S/C9H14N2O2/c1-2-8(5-12-3-1)10-4-9-6-13-7-11-9/h6-8,10H,1-5H2. The molecule has 2 heterocycles. The highest BCUT2D eigenvalue weighted by atomic mass is 16.5. The highest BCUT2D eigenvalue weighted by Crippen LogP contribution is 2.06. The molecule has 2 rings (SSSR count). The van der Waals surface area contributed by atoms with E-state index in [4.69, 9.17) is 9.15 Å². The topological polar surface area (TPSA) is 47.3 Å². The monoisotopic (exact) mass is 182 g/mol. The zero-order valence-corrected chi connectivity index (χ0v) is 7.53. The highest BCUT2D eigenvalue weighted by molar-refractivity contribution is 4.90. The van der Waals surface area contributed by atoms with E-state index in [1.165, 1.54) is 12.8 Å². The molecule has 4 heteroatoms. The molecule has 0 spiro atoms. The first kappa shape index (κ1) is 8.72. The number of aromatic nitrogens is 1. The van der Waals surface area contributed by atoms with Crippen molar-refractivity contribution in [3.05, 3.63) is 18.4 Å². The summed E-state index contributed by atoms with van der Waals surface area (Å²) < 4.78 is 10.2. The fourth-order valence-corrected chi connectivity index (χ4v) is 1.48. The maximum atomic E-state index is 5.35. The molecule has 0 aromatic carbocycles. The van der Waals surface area contributed by atoms with Crippen LogP contribution in [-0.2, 0) is 11.3 Å². The van der Waals surface area contributed by atoms with Crippen molar-refractivity contribution in [2.45, 2.75) is 25.4 Å². The average Bonchev–Trinajstić information content (AvgIpc) is 2.69. The molecule has 1 saturated heterocycles. The molecule has 1 fully saturated rings. The van der Waals surface area contributed by atoms with Crippen molar-refractivity contribution in [1.29, 1.82) is 0 Å². The van der Waals surface area contributed by atoms with Gasteiger partial charge in [0.25, 0.3) is 0 Å². The van der Waals surface area contributed by atoms with Gasteiger partial charge in [-0.2, -0.15) is 0 Å². The maximum Gasteiger partial charge on any atom is 0.180 e. The predicted molar refractivity (Wildman–Crippen MR) is 47.2 cm³/mol. The van der Waals surface area contributed by atoms with Gasteiger partial charge in [0.15, 0.2) is 6.39 Å². The number of oxazole rings is 1. The molecule has 0 aliphatic carbocycles. The Hall–Kier alpha value is -0.870. The highest BCUT2D eigenvalue weighted by Gasteiger charge is 2.12. The van der Waals surface area contributed by atoms with Crippen molar-refractivity contribution < 1.29 is 9.15 Å². The van der Waals surface area contributed by atoms with Crippen LogP contribution in [0.4, 0.5) is 0 Å². The smallest absolute Gasteiger partial charge is 0.180 e.